The minimum Gasteiger partial charge on any atom is -0.450 e. The SMILES string of the molecule is O=C(O)OC1(F)c2ccccc2-c2ccccc21. The van der Waals surface area contributed by atoms with Crippen LogP contribution in [0.3, 0.4) is 0 Å². The summed E-state index contributed by atoms with van der Waals surface area (Å²) < 4.78 is 19.4. The maximum atomic E-state index is 14.9. The molecule has 0 unspecified atom stereocenters. The van der Waals surface area contributed by atoms with Crippen LogP contribution in [0.1, 0.15) is 11.1 Å². The number of carboxylic acid groups (broad SMARTS) is 1. The van der Waals surface area contributed by atoms with Gasteiger partial charge in [0, 0.05) is 11.1 Å². The minimum absolute atomic E-state index is 0.230. The van der Waals surface area contributed by atoms with E-state index in [1.54, 1.807) is 36.4 Å². The number of alkyl halides is 1. The summed E-state index contributed by atoms with van der Waals surface area (Å²) >= 11 is 0. The third-order valence-electron chi connectivity index (χ3n) is 3.07. The van der Waals surface area contributed by atoms with E-state index in [0.29, 0.717) is 11.1 Å². The van der Waals surface area contributed by atoms with Gasteiger partial charge in [-0.2, -0.15) is 4.39 Å². The topological polar surface area (TPSA) is 46.5 Å². The van der Waals surface area contributed by atoms with E-state index in [0.717, 1.165) is 0 Å². The molecular weight excluding hydrogens is 235 g/mol. The quantitative estimate of drug-likeness (QED) is 0.780. The summed E-state index contributed by atoms with van der Waals surface area (Å²) in [4.78, 5) is 10.7. The molecule has 0 amide bonds. The molecule has 0 atom stereocenters. The highest BCUT2D eigenvalue weighted by Gasteiger charge is 2.47. The maximum Gasteiger partial charge on any atom is 0.509 e. The highest BCUT2D eigenvalue weighted by Crippen LogP contribution is 2.50. The van der Waals surface area contributed by atoms with Gasteiger partial charge in [-0.05, 0) is 11.1 Å². The van der Waals surface area contributed by atoms with E-state index in [4.69, 9.17) is 5.11 Å². The van der Waals surface area contributed by atoms with Crippen LogP contribution in [0.5, 0.6) is 0 Å². The molecular formula is C14H9FO3. The molecule has 0 aliphatic heterocycles. The Morgan fingerprint density at radius 2 is 1.44 bits per heavy atom. The zero-order chi connectivity index (χ0) is 12.8. The predicted molar refractivity (Wildman–Crippen MR) is 62.9 cm³/mol. The van der Waals surface area contributed by atoms with Crippen molar-refractivity contribution in [2.24, 2.45) is 0 Å². The molecule has 0 fully saturated rings. The zero-order valence-corrected chi connectivity index (χ0v) is 9.26. The Kier molecular flexibility index (Phi) is 2.13. The number of hydrogen-bond acceptors (Lipinski definition) is 2. The Bertz CT molecular complexity index is 591. The van der Waals surface area contributed by atoms with E-state index >= 15 is 0 Å². The number of hydrogen-bond donors (Lipinski definition) is 1. The fourth-order valence-electron chi connectivity index (χ4n) is 2.37. The van der Waals surface area contributed by atoms with E-state index in [1.165, 1.54) is 12.1 Å². The van der Waals surface area contributed by atoms with Gasteiger partial charge in [0.05, 0.1) is 0 Å². The number of benzene rings is 2. The molecule has 1 N–H and O–H groups in total. The van der Waals surface area contributed by atoms with Crippen LogP contribution in [0.2, 0.25) is 0 Å². The van der Waals surface area contributed by atoms with Gasteiger partial charge in [0.25, 0.3) is 0 Å². The molecule has 0 bridgehead atoms. The number of ether oxygens (including phenoxy) is 1. The summed E-state index contributed by atoms with van der Waals surface area (Å²) in [5, 5.41) is 8.73. The van der Waals surface area contributed by atoms with Crippen molar-refractivity contribution in [3.05, 3.63) is 59.7 Å². The molecule has 1 aliphatic carbocycles. The fraction of sp³-hybridized carbons (Fsp3) is 0.0714. The van der Waals surface area contributed by atoms with E-state index in [9.17, 15) is 9.18 Å². The maximum absolute atomic E-state index is 14.9. The summed E-state index contributed by atoms with van der Waals surface area (Å²) in [6.45, 7) is 0. The van der Waals surface area contributed by atoms with Crippen molar-refractivity contribution in [1.29, 1.82) is 0 Å². The molecule has 90 valence electrons. The second-order valence-electron chi connectivity index (χ2n) is 4.05. The predicted octanol–water partition coefficient (Wildman–Crippen LogP) is 3.53. The molecule has 0 spiro atoms. The van der Waals surface area contributed by atoms with Crippen molar-refractivity contribution in [2.45, 2.75) is 5.85 Å². The van der Waals surface area contributed by atoms with Gasteiger partial charge in [-0.1, -0.05) is 48.5 Å². The van der Waals surface area contributed by atoms with Gasteiger partial charge in [-0.25, -0.2) is 4.79 Å². The number of carbonyl (C=O) groups is 1. The van der Waals surface area contributed by atoms with Crippen molar-refractivity contribution >= 4 is 6.16 Å². The highest BCUT2D eigenvalue weighted by molar-refractivity contribution is 5.80. The van der Waals surface area contributed by atoms with Crippen LogP contribution in [-0.2, 0) is 10.6 Å². The van der Waals surface area contributed by atoms with E-state index in [1.807, 2.05) is 0 Å². The Morgan fingerprint density at radius 3 is 1.89 bits per heavy atom. The molecule has 3 rings (SSSR count). The van der Waals surface area contributed by atoms with Crippen LogP contribution < -0.4 is 0 Å². The van der Waals surface area contributed by atoms with Crippen LogP contribution in [-0.4, -0.2) is 11.3 Å². The summed E-state index contributed by atoms with van der Waals surface area (Å²) in [5.41, 5.74) is 1.79. The third kappa shape index (κ3) is 1.32. The number of halogens is 1. The second-order valence-corrected chi connectivity index (χ2v) is 4.05. The van der Waals surface area contributed by atoms with Gasteiger partial charge in [-0.3, -0.25) is 0 Å². The van der Waals surface area contributed by atoms with Crippen molar-refractivity contribution in [3.8, 4) is 11.1 Å². The monoisotopic (exact) mass is 244 g/mol. The summed E-state index contributed by atoms with van der Waals surface area (Å²) in [6, 6.07) is 13.5. The standard InChI is InChI=1S/C14H9FO3/c15-14(18-13(16)17)11-7-3-1-5-9(11)10-6-2-4-8-12(10)14/h1-8H,(H,16,17). The van der Waals surface area contributed by atoms with Crippen molar-refractivity contribution in [1.82, 2.24) is 0 Å². The van der Waals surface area contributed by atoms with Crippen molar-refractivity contribution < 1.29 is 19.0 Å². The molecule has 3 nitrogen and oxygen atoms in total. The molecule has 2 aromatic carbocycles. The largest absolute Gasteiger partial charge is 0.509 e. The lowest BCUT2D eigenvalue weighted by Crippen LogP contribution is -2.25. The highest BCUT2D eigenvalue weighted by atomic mass is 19.2. The lowest BCUT2D eigenvalue weighted by Gasteiger charge is -2.20. The first-order chi connectivity index (χ1) is 8.63. The van der Waals surface area contributed by atoms with Gasteiger partial charge in [-0.15, -0.1) is 0 Å². The summed E-state index contributed by atoms with van der Waals surface area (Å²) in [7, 11) is 0. The van der Waals surface area contributed by atoms with E-state index in [-0.39, 0.29) is 11.1 Å². The number of fused-ring (bicyclic) bond motifs is 3. The first kappa shape index (κ1) is 10.8. The smallest absolute Gasteiger partial charge is 0.450 e. The minimum atomic E-state index is -2.42. The molecule has 0 heterocycles. The molecule has 0 radical (unpaired) electrons. The summed E-state index contributed by atoms with van der Waals surface area (Å²) in [5.74, 6) is -2.42. The van der Waals surface area contributed by atoms with Crippen LogP contribution in [0.15, 0.2) is 48.5 Å². The van der Waals surface area contributed by atoms with Crippen LogP contribution in [0.25, 0.3) is 11.1 Å². The van der Waals surface area contributed by atoms with Crippen molar-refractivity contribution in [2.75, 3.05) is 0 Å². The molecule has 1 aliphatic rings. The molecule has 0 aromatic heterocycles. The first-order valence-corrected chi connectivity index (χ1v) is 5.43. The normalized spacial score (nSPS) is 14.7. The van der Waals surface area contributed by atoms with Gasteiger partial charge in [0.2, 0.25) is 0 Å². The summed E-state index contributed by atoms with van der Waals surface area (Å²) in [6.07, 6.45) is -1.64. The molecule has 2 aromatic rings. The van der Waals surface area contributed by atoms with Gasteiger partial charge in [0.1, 0.15) is 0 Å². The zero-order valence-electron chi connectivity index (χ0n) is 9.26. The van der Waals surface area contributed by atoms with Gasteiger partial charge in [0.15, 0.2) is 0 Å². The van der Waals surface area contributed by atoms with Crippen LogP contribution in [0, 0.1) is 0 Å². The Balaban J connectivity index is 2.30. The lowest BCUT2D eigenvalue weighted by atomic mass is 10.1. The average molecular weight is 244 g/mol. The third-order valence-corrected chi connectivity index (χ3v) is 3.07. The Hall–Kier alpha value is -2.36. The van der Waals surface area contributed by atoms with Gasteiger partial charge < -0.3 is 9.84 Å². The molecule has 4 heteroatoms. The molecule has 0 saturated heterocycles. The molecule has 18 heavy (non-hydrogen) atoms. The van der Waals surface area contributed by atoms with Gasteiger partial charge >= 0.3 is 12.0 Å². The van der Waals surface area contributed by atoms with Crippen molar-refractivity contribution in [3.63, 3.8) is 0 Å². The van der Waals surface area contributed by atoms with E-state index < -0.39 is 12.0 Å². The lowest BCUT2D eigenvalue weighted by molar-refractivity contribution is -0.0828. The number of rotatable bonds is 1. The Labute approximate surface area is 102 Å². The fourth-order valence-corrected chi connectivity index (χ4v) is 2.37. The molecule has 0 saturated carbocycles. The Morgan fingerprint density at radius 1 is 1.00 bits per heavy atom. The average Bonchev–Trinajstić information content (AvgIpc) is 2.61. The second kappa shape index (κ2) is 3.57. The van der Waals surface area contributed by atoms with Crippen LogP contribution in [0.4, 0.5) is 9.18 Å². The first-order valence-electron chi connectivity index (χ1n) is 5.43. The van der Waals surface area contributed by atoms with E-state index in [2.05, 4.69) is 4.74 Å². The van der Waals surface area contributed by atoms with Crippen LogP contribution >= 0.6 is 0 Å².